The van der Waals surface area contributed by atoms with Crippen molar-refractivity contribution >= 4 is 27.1 Å². The molecule has 3 aromatic rings. The molecule has 1 N–H and O–H groups in total. The molecule has 0 aliphatic carbocycles. The lowest BCUT2D eigenvalue weighted by Crippen LogP contribution is -2.50. The molecule has 0 aromatic heterocycles. The van der Waals surface area contributed by atoms with Crippen molar-refractivity contribution in [2.24, 2.45) is 0 Å². The number of halogens is 1. The Bertz CT molecular complexity index is 1370. The second-order valence-electron chi connectivity index (χ2n) is 9.56. The van der Waals surface area contributed by atoms with Crippen LogP contribution in [0.15, 0.2) is 71.6 Å². The SMILES string of the molecule is Cc1ccc([N+](=O)[O-])cc1S(=O)(=O)NCC(c1ccc(N(C)C)cc1)N1CCN(c2ccc(F)cc2)CC1. The van der Waals surface area contributed by atoms with Gasteiger partial charge in [0.15, 0.2) is 0 Å². The van der Waals surface area contributed by atoms with Crippen LogP contribution in [0.5, 0.6) is 0 Å². The van der Waals surface area contributed by atoms with E-state index in [1.54, 1.807) is 19.1 Å². The summed E-state index contributed by atoms with van der Waals surface area (Å²) in [5, 5.41) is 11.2. The molecule has 1 aliphatic heterocycles. The Morgan fingerprint density at radius 3 is 2.21 bits per heavy atom. The summed E-state index contributed by atoms with van der Waals surface area (Å²) in [5.41, 5.74) is 3.09. The van der Waals surface area contributed by atoms with Crippen LogP contribution in [-0.4, -0.2) is 65.1 Å². The lowest BCUT2D eigenvalue weighted by Gasteiger charge is -2.40. The Morgan fingerprint density at radius 2 is 1.63 bits per heavy atom. The van der Waals surface area contributed by atoms with E-state index in [9.17, 15) is 22.9 Å². The molecule has 9 nitrogen and oxygen atoms in total. The highest BCUT2D eigenvalue weighted by Gasteiger charge is 2.28. The third kappa shape index (κ3) is 6.29. The number of aryl methyl sites for hydroxylation is 1. The number of nitrogens with one attached hydrogen (secondary N) is 1. The van der Waals surface area contributed by atoms with E-state index >= 15 is 0 Å². The van der Waals surface area contributed by atoms with Gasteiger partial charge in [0.2, 0.25) is 10.0 Å². The molecular formula is C27H32FN5O4S. The van der Waals surface area contributed by atoms with Crippen molar-refractivity contribution in [3.05, 3.63) is 93.8 Å². The lowest BCUT2D eigenvalue weighted by molar-refractivity contribution is -0.385. The van der Waals surface area contributed by atoms with Crippen molar-refractivity contribution in [1.29, 1.82) is 0 Å². The summed E-state index contributed by atoms with van der Waals surface area (Å²) in [6.45, 7) is 4.47. The maximum atomic E-state index is 13.4. The Hall–Kier alpha value is -3.54. The minimum absolute atomic E-state index is 0.0995. The Morgan fingerprint density at radius 1 is 1.00 bits per heavy atom. The minimum Gasteiger partial charge on any atom is -0.378 e. The molecule has 0 bridgehead atoms. The second kappa shape index (κ2) is 11.5. The van der Waals surface area contributed by atoms with Crippen LogP contribution in [0.3, 0.4) is 0 Å². The molecule has 38 heavy (non-hydrogen) atoms. The van der Waals surface area contributed by atoms with E-state index in [4.69, 9.17) is 0 Å². The first-order valence-corrected chi connectivity index (χ1v) is 13.8. The maximum absolute atomic E-state index is 13.4. The average molecular weight is 542 g/mol. The number of piperazine rings is 1. The van der Waals surface area contributed by atoms with Gasteiger partial charge >= 0.3 is 0 Å². The summed E-state index contributed by atoms with van der Waals surface area (Å²) in [7, 11) is -0.0933. The predicted molar refractivity (Wildman–Crippen MR) is 147 cm³/mol. The topological polar surface area (TPSA) is 99.0 Å². The fourth-order valence-electron chi connectivity index (χ4n) is 4.65. The largest absolute Gasteiger partial charge is 0.378 e. The van der Waals surface area contributed by atoms with Crippen molar-refractivity contribution in [3.63, 3.8) is 0 Å². The second-order valence-corrected chi connectivity index (χ2v) is 11.3. The molecule has 3 aromatic carbocycles. The fourth-order valence-corrected chi connectivity index (χ4v) is 5.95. The smallest absolute Gasteiger partial charge is 0.270 e. The third-order valence-corrected chi connectivity index (χ3v) is 8.45. The van der Waals surface area contributed by atoms with Crippen LogP contribution < -0.4 is 14.5 Å². The monoisotopic (exact) mass is 541 g/mol. The summed E-state index contributed by atoms with van der Waals surface area (Å²) in [5.74, 6) is -0.278. The number of benzene rings is 3. The van der Waals surface area contributed by atoms with Gasteiger partial charge in [0.1, 0.15) is 5.82 Å². The highest BCUT2D eigenvalue weighted by Crippen LogP contribution is 2.27. The molecule has 1 aliphatic rings. The van der Waals surface area contributed by atoms with Gasteiger partial charge in [-0.25, -0.2) is 17.5 Å². The van der Waals surface area contributed by atoms with Crippen LogP contribution in [0.2, 0.25) is 0 Å². The minimum atomic E-state index is -4.00. The van der Waals surface area contributed by atoms with Crippen LogP contribution in [0.4, 0.5) is 21.5 Å². The third-order valence-electron chi connectivity index (χ3n) is 6.88. The van der Waals surface area contributed by atoms with Crippen molar-refractivity contribution < 1.29 is 17.7 Å². The van der Waals surface area contributed by atoms with Gasteiger partial charge in [-0.15, -0.1) is 0 Å². The van der Waals surface area contributed by atoms with Crippen molar-refractivity contribution in [1.82, 2.24) is 9.62 Å². The number of nitrogens with zero attached hydrogens (tertiary/aromatic N) is 4. The van der Waals surface area contributed by atoms with Gasteiger partial charge in [-0.1, -0.05) is 18.2 Å². The number of nitro benzene ring substituents is 1. The first kappa shape index (κ1) is 27.5. The van der Waals surface area contributed by atoms with E-state index in [2.05, 4.69) is 14.5 Å². The molecule has 1 fully saturated rings. The Labute approximate surface area is 222 Å². The van der Waals surface area contributed by atoms with Crippen LogP contribution >= 0.6 is 0 Å². The fraction of sp³-hybridized carbons (Fsp3) is 0.333. The van der Waals surface area contributed by atoms with Crippen molar-refractivity contribution in [2.45, 2.75) is 17.9 Å². The zero-order chi connectivity index (χ0) is 27.4. The molecule has 1 unspecified atom stereocenters. The van der Waals surface area contributed by atoms with Gasteiger partial charge in [-0.2, -0.15) is 0 Å². The zero-order valence-electron chi connectivity index (χ0n) is 21.7. The summed E-state index contributed by atoms with van der Waals surface area (Å²) >= 11 is 0. The van der Waals surface area contributed by atoms with Gasteiger partial charge in [0.05, 0.1) is 9.82 Å². The molecule has 1 atom stereocenters. The Balaban J connectivity index is 1.55. The average Bonchev–Trinajstić information content (AvgIpc) is 2.90. The molecule has 11 heteroatoms. The molecule has 0 saturated carbocycles. The number of nitro groups is 1. The highest BCUT2D eigenvalue weighted by molar-refractivity contribution is 7.89. The van der Waals surface area contributed by atoms with Crippen LogP contribution in [0.1, 0.15) is 17.2 Å². The Kier molecular flexibility index (Phi) is 8.29. The van der Waals surface area contributed by atoms with Gasteiger partial charge in [0.25, 0.3) is 5.69 Å². The molecule has 0 spiro atoms. The highest BCUT2D eigenvalue weighted by atomic mass is 32.2. The van der Waals surface area contributed by atoms with Crippen LogP contribution in [0, 0.1) is 22.9 Å². The van der Waals surface area contributed by atoms with Gasteiger partial charge in [0, 0.05) is 76.4 Å². The summed E-state index contributed by atoms with van der Waals surface area (Å²) in [4.78, 5) is 16.9. The molecule has 1 saturated heterocycles. The van der Waals surface area contributed by atoms with Gasteiger partial charge < -0.3 is 9.80 Å². The van der Waals surface area contributed by atoms with Gasteiger partial charge in [-0.05, 0) is 54.4 Å². The van der Waals surface area contributed by atoms with E-state index in [1.165, 1.54) is 24.3 Å². The van der Waals surface area contributed by atoms with E-state index in [0.29, 0.717) is 31.7 Å². The summed E-state index contributed by atoms with van der Waals surface area (Å²) < 4.78 is 42.6. The van der Waals surface area contributed by atoms with Crippen LogP contribution in [-0.2, 0) is 10.0 Å². The molecule has 1 heterocycles. The number of hydrogen-bond donors (Lipinski definition) is 1. The first-order valence-electron chi connectivity index (χ1n) is 12.3. The predicted octanol–water partition coefficient (Wildman–Crippen LogP) is 3.95. The molecule has 4 rings (SSSR count). The van der Waals surface area contributed by atoms with E-state index in [-0.39, 0.29) is 29.0 Å². The number of hydrogen-bond acceptors (Lipinski definition) is 7. The van der Waals surface area contributed by atoms with Crippen LogP contribution in [0.25, 0.3) is 0 Å². The van der Waals surface area contributed by atoms with E-state index in [0.717, 1.165) is 23.0 Å². The standard InChI is InChI=1S/C27H32FN5O4S/c1-20-4-9-25(33(34)35)18-27(20)38(36,37)29-19-26(21-5-10-23(11-6-21)30(2)3)32-16-14-31(15-17-32)24-12-7-22(28)8-13-24/h4-13,18,26,29H,14-17,19H2,1-3H3. The maximum Gasteiger partial charge on any atom is 0.270 e. The number of anilines is 2. The molecule has 0 amide bonds. The number of sulfonamides is 1. The molecule has 0 radical (unpaired) electrons. The molecular weight excluding hydrogens is 509 g/mol. The quantitative estimate of drug-likeness (QED) is 0.324. The number of non-ortho nitro benzene ring substituents is 1. The molecule has 202 valence electrons. The van der Waals surface area contributed by atoms with Crippen molar-refractivity contribution in [3.8, 4) is 0 Å². The lowest BCUT2D eigenvalue weighted by atomic mass is 10.0. The van der Waals surface area contributed by atoms with Crippen molar-refractivity contribution in [2.75, 3.05) is 56.6 Å². The van der Waals surface area contributed by atoms with Gasteiger partial charge in [-0.3, -0.25) is 15.0 Å². The normalized spacial score (nSPS) is 15.3. The summed E-state index contributed by atoms with van der Waals surface area (Å²) in [6, 6.07) is 18.0. The summed E-state index contributed by atoms with van der Waals surface area (Å²) in [6.07, 6.45) is 0. The van der Waals surface area contributed by atoms with E-state index < -0.39 is 14.9 Å². The first-order chi connectivity index (χ1) is 18.0. The zero-order valence-corrected chi connectivity index (χ0v) is 22.5. The van der Waals surface area contributed by atoms with E-state index in [1.807, 2.05) is 43.3 Å². The number of rotatable bonds is 9.